The molecule has 0 atom stereocenters. The lowest BCUT2D eigenvalue weighted by atomic mass is 10.2. The number of hydrogen-bond donors (Lipinski definition) is 0. The maximum Gasteiger partial charge on any atom is 0.269 e. The Labute approximate surface area is 140 Å². The number of nitro benzene ring substituents is 1. The number of hydrogen-bond acceptors (Lipinski definition) is 3. The van der Waals surface area contributed by atoms with Gasteiger partial charge >= 0.3 is 0 Å². The first-order valence-corrected chi connectivity index (χ1v) is 7.44. The molecule has 124 valence electrons. The lowest BCUT2D eigenvalue weighted by molar-refractivity contribution is -0.384. The highest BCUT2D eigenvalue weighted by molar-refractivity contribution is 5.91. The van der Waals surface area contributed by atoms with Crippen LogP contribution in [0.3, 0.4) is 0 Å². The van der Waals surface area contributed by atoms with E-state index in [4.69, 9.17) is 0 Å². The van der Waals surface area contributed by atoms with Crippen molar-refractivity contribution < 1.29 is 9.72 Å². The van der Waals surface area contributed by atoms with Crippen LogP contribution in [0.25, 0.3) is 6.08 Å². The Hall–Kier alpha value is -3.15. The molecule has 0 spiro atoms. The normalized spacial score (nSPS) is 10.7. The van der Waals surface area contributed by atoms with Crippen molar-refractivity contribution in [1.29, 1.82) is 0 Å². The van der Waals surface area contributed by atoms with Crippen molar-refractivity contribution in [3.63, 3.8) is 0 Å². The van der Waals surface area contributed by atoms with Crippen LogP contribution in [0.5, 0.6) is 0 Å². The largest absolute Gasteiger partial charge is 0.353 e. The van der Waals surface area contributed by atoms with Crippen molar-refractivity contribution in [2.24, 2.45) is 7.05 Å². The molecule has 1 amide bonds. The fourth-order valence-corrected chi connectivity index (χ4v) is 2.22. The third kappa shape index (κ3) is 4.42. The minimum atomic E-state index is -0.454. The van der Waals surface area contributed by atoms with Crippen LogP contribution in [0.1, 0.15) is 11.3 Å². The van der Waals surface area contributed by atoms with Crippen LogP contribution < -0.4 is 0 Å². The van der Waals surface area contributed by atoms with E-state index in [1.54, 1.807) is 29.2 Å². The van der Waals surface area contributed by atoms with Gasteiger partial charge in [-0.25, -0.2) is 0 Å². The van der Waals surface area contributed by atoms with Crippen molar-refractivity contribution in [2.75, 3.05) is 6.54 Å². The van der Waals surface area contributed by atoms with E-state index in [-0.39, 0.29) is 11.6 Å². The molecule has 1 aromatic carbocycles. The van der Waals surface area contributed by atoms with Crippen molar-refractivity contribution in [3.8, 4) is 0 Å². The quantitative estimate of drug-likeness (QED) is 0.340. The molecular weight excluding hydrogens is 306 g/mol. The molecule has 0 N–H and O–H groups in total. The number of nitro groups is 1. The summed E-state index contributed by atoms with van der Waals surface area (Å²) in [6.07, 6.45) is 6.72. The van der Waals surface area contributed by atoms with Gasteiger partial charge in [0.15, 0.2) is 0 Å². The lowest BCUT2D eigenvalue weighted by Crippen LogP contribution is -2.29. The zero-order valence-electron chi connectivity index (χ0n) is 13.5. The maximum atomic E-state index is 12.4. The molecule has 6 heteroatoms. The molecule has 1 aromatic heterocycles. The van der Waals surface area contributed by atoms with Gasteiger partial charge in [0.2, 0.25) is 5.91 Å². The van der Waals surface area contributed by atoms with Crippen LogP contribution in [0.4, 0.5) is 5.69 Å². The number of benzene rings is 1. The van der Waals surface area contributed by atoms with Gasteiger partial charge in [-0.1, -0.05) is 6.08 Å². The zero-order chi connectivity index (χ0) is 17.5. The molecule has 1 heterocycles. The molecule has 2 rings (SSSR count). The summed E-state index contributed by atoms with van der Waals surface area (Å²) in [5.41, 5.74) is 1.77. The molecule has 0 fully saturated rings. The molecule has 0 aliphatic heterocycles. The van der Waals surface area contributed by atoms with Crippen LogP contribution in [-0.4, -0.2) is 26.8 Å². The summed E-state index contributed by atoms with van der Waals surface area (Å²) >= 11 is 0. The van der Waals surface area contributed by atoms with Crippen LogP contribution in [0, 0.1) is 10.1 Å². The second kappa shape index (κ2) is 7.92. The van der Waals surface area contributed by atoms with Gasteiger partial charge < -0.3 is 9.47 Å². The van der Waals surface area contributed by atoms with Crippen molar-refractivity contribution in [2.45, 2.75) is 6.54 Å². The fourth-order valence-electron chi connectivity index (χ4n) is 2.22. The van der Waals surface area contributed by atoms with Gasteiger partial charge in [-0.2, -0.15) is 0 Å². The number of carbonyl (C=O) groups is 1. The Balaban J connectivity index is 2.07. The minimum Gasteiger partial charge on any atom is -0.353 e. The second-order valence-corrected chi connectivity index (χ2v) is 5.30. The second-order valence-electron chi connectivity index (χ2n) is 5.30. The van der Waals surface area contributed by atoms with E-state index < -0.39 is 4.92 Å². The van der Waals surface area contributed by atoms with E-state index in [9.17, 15) is 14.9 Å². The fraction of sp³-hybridized carbons (Fsp3) is 0.167. The third-order valence-electron chi connectivity index (χ3n) is 3.59. The monoisotopic (exact) mass is 325 g/mol. The molecule has 0 unspecified atom stereocenters. The van der Waals surface area contributed by atoms with E-state index in [1.807, 2.05) is 29.9 Å². The number of non-ortho nitro benzene ring substituents is 1. The molecular formula is C18H19N3O3. The van der Waals surface area contributed by atoms with Crippen molar-refractivity contribution in [3.05, 3.63) is 82.7 Å². The topological polar surface area (TPSA) is 68.4 Å². The highest BCUT2D eigenvalue weighted by Crippen LogP contribution is 2.13. The highest BCUT2D eigenvalue weighted by Gasteiger charge is 2.11. The molecule has 0 saturated carbocycles. The molecule has 0 radical (unpaired) electrons. The summed E-state index contributed by atoms with van der Waals surface area (Å²) in [6, 6.07) is 9.93. The maximum absolute atomic E-state index is 12.4. The Kier molecular flexibility index (Phi) is 5.68. The molecule has 0 aliphatic rings. The summed E-state index contributed by atoms with van der Waals surface area (Å²) in [5, 5.41) is 10.6. The van der Waals surface area contributed by atoms with Gasteiger partial charge in [-0.15, -0.1) is 6.58 Å². The van der Waals surface area contributed by atoms with E-state index >= 15 is 0 Å². The van der Waals surface area contributed by atoms with Gasteiger partial charge in [0, 0.05) is 43.7 Å². The number of amides is 1. The molecule has 0 saturated heterocycles. The third-order valence-corrected chi connectivity index (χ3v) is 3.59. The van der Waals surface area contributed by atoms with Gasteiger partial charge in [-0.3, -0.25) is 14.9 Å². The van der Waals surface area contributed by atoms with E-state index in [2.05, 4.69) is 6.58 Å². The summed E-state index contributed by atoms with van der Waals surface area (Å²) in [5.74, 6) is -0.144. The van der Waals surface area contributed by atoms with Gasteiger partial charge in [0.1, 0.15) is 0 Å². The number of nitrogens with zero attached hydrogens (tertiary/aromatic N) is 3. The average Bonchev–Trinajstić information content (AvgIpc) is 2.97. The predicted molar refractivity (Wildman–Crippen MR) is 93.2 cm³/mol. The van der Waals surface area contributed by atoms with E-state index in [1.165, 1.54) is 18.2 Å². The van der Waals surface area contributed by atoms with Crippen LogP contribution in [0.2, 0.25) is 0 Å². The summed E-state index contributed by atoms with van der Waals surface area (Å²) in [4.78, 5) is 24.2. The molecule has 2 aromatic rings. The first kappa shape index (κ1) is 17.2. The number of aryl methyl sites for hydroxylation is 1. The number of rotatable bonds is 7. The highest BCUT2D eigenvalue weighted by atomic mass is 16.6. The van der Waals surface area contributed by atoms with Gasteiger partial charge in [0.25, 0.3) is 5.69 Å². The Morgan fingerprint density at radius 1 is 1.33 bits per heavy atom. The molecule has 24 heavy (non-hydrogen) atoms. The molecule has 6 nitrogen and oxygen atoms in total. The Morgan fingerprint density at radius 3 is 2.58 bits per heavy atom. The van der Waals surface area contributed by atoms with Gasteiger partial charge in [-0.05, 0) is 35.9 Å². The van der Waals surface area contributed by atoms with Crippen molar-refractivity contribution in [1.82, 2.24) is 9.47 Å². The van der Waals surface area contributed by atoms with Crippen LogP contribution >= 0.6 is 0 Å². The van der Waals surface area contributed by atoms with E-state index in [0.29, 0.717) is 13.1 Å². The smallest absolute Gasteiger partial charge is 0.269 e. The Bertz CT molecular complexity index is 760. The standard InChI is InChI=1S/C18H19N3O3/c1-3-12-20(14-17-5-4-13-19(17)2)18(22)11-8-15-6-9-16(10-7-15)21(23)24/h3-11,13H,1,12,14H2,2H3/b11-8+. The molecule has 0 aliphatic carbocycles. The summed E-state index contributed by atoms with van der Waals surface area (Å²) in [7, 11) is 1.93. The predicted octanol–water partition coefficient (Wildman–Crippen LogP) is 3.16. The van der Waals surface area contributed by atoms with Gasteiger partial charge in [0.05, 0.1) is 11.5 Å². The van der Waals surface area contributed by atoms with Crippen LogP contribution in [0.15, 0.2) is 61.3 Å². The molecule has 0 bridgehead atoms. The summed E-state index contributed by atoms with van der Waals surface area (Å²) in [6.45, 7) is 4.61. The minimum absolute atomic E-state index is 0.0236. The SMILES string of the molecule is C=CCN(Cc1cccn1C)C(=O)/C=C/c1ccc([N+](=O)[O-])cc1. The first-order valence-electron chi connectivity index (χ1n) is 7.44. The number of aromatic nitrogens is 1. The number of carbonyl (C=O) groups excluding carboxylic acids is 1. The summed E-state index contributed by atoms with van der Waals surface area (Å²) < 4.78 is 1.96. The van der Waals surface area contributed by atoms with Crippen molar-refractivity contribution >= 4 is 17.7 Å². The first-order chi connectivity index (χ1) is 11.5. The Morgan fingerprint density at radius 2 is 2.04 bits per heavy atom. The zero-order valence-corrected chi connectivity index (χ0v) is 13.5. The van der Waals surface area contributed by atoms with E-state index in [0.717, 1.165) is 11.3 Å². The average molecular weight is 325 g/mol. The lowest BCUT2D eigenvalue weighted by Gasteiger charge is -2.19. The van der Waals surface area contributed by atoms with Crippen LogP contribution in [-0.2, 0) is 18.4 Å².